The van der Waals surface area contributed by atoms with E-state index in [1.807, 2.05) is 12.2 Å². The molecule has 0 aromatic rings. The van der Waals surface area contributed by atoms with Crippen molar-refractivity contribution in [1.82, 2.24) is 0 Å². The molecule has 0 heterocycles. The second-order valence-corrected chi connectivity index (χ2v) is 6.73. The van der Waals surface area contributed by atoms with Gasteiger partial charge in [0.25, 0.3) is 0 Å². The van der Waals surface area contributed by atoms with Crippen LogP contribution in [0.1, 0.15) is 59.8 Å². The van der Waals surface area contributed by atoms with Gasteiger partial charge in [0.2, 0.25) is 0 Å². The lowest BCUT2D eigenvalue weighted by Crippen LogP contribution is -2.01. The van der Waals surface area contributed by atoms with Crippen molar-refractivity contribution in [2.45, 2.75) is 59.8 Å². The normalized spacial score (nSPS) is 14.3. The lowest BCUT2D eigenvalue weighted by molar-refractivity contribution is 0.446. The molecule has 0 rings (SSSR count). The Morgan fingerprint density at radius 3 is 2.26 bits per heavy atom. The SMILES string of the molecule is C=CC(C=C)CC(C)CCCC=C(C)C(C)=CC=CCC(=C)C. The van der Waals surface area contributed by atoms with Gasteiger partial charge >= 0.3 is 0 Å². The predicted octanol–water partition coefficient (Wildman–Crippen LogP) is 7.59. The van der Waals surface area contributed by atoms with E-state index in [0.717, 1.165) is 18.8 Å². The van der Waals surface area contributed by atoms with Crippen LogP contribution in [0.25, 0.3) is 0 Å². The van der Waals surface area contributed by atoms with Crippen molar-refractivity contribution in [3.63, 3.8) is 0 Å². The third-order valence-corrected chi connectivity index (χ3v) is 4.20. The highest BCUT2D eigenvalue weighted by Gasteiger charge is 2.06. The third kappa shape index (κ3) is 11.6. The van der Waals surface area contributed by atoms with Crippen molar-refractivity contribution in [3.8, 4) is 0 Å². The van der Waals surface area contributed by atoms with Gasteiger partial charge in [-0.2, -0.15) is 0 Å². The summed E-state index contributed by atoms with van der Waals surface area (Å²) >= 11 is 0. The van der Waals surface area contributed by atoms with E-state index in [9.17, 15) is 0 Å². The van der Waals surface area contributed by atoms with Gasteiger partial charge in [-0.3, -0.25) is 0 Å². The van der Waals surface area contributed by atoms with Crippen LogP contribution in [0.5, 0.6) is 0 Å². The molecule has 1 unspecified atom stereocenters. The van der Waals surface area contributed by atoms with Crippen molar-refractivity contribution < 1.29 is 0 Å². The molecule has 0 saturated heterocycles. The highest BCUT2D eigenvalue weighted by atomic mass is 14.1. The second kappa shape index (κ2) is 12.9. The highest BCUT2D eigenvalue weighted by Crippen LogP contribution is 2.20. The first-order valence-corrected chi connectivity index (χ1v) is 8.80. The number of rotatable bonds is 12. The Kier molecular flexibility index (Phi) is 12.1. The Balaban J connectivity index is 4.16. The molecule has 0 saturated carbocycles. The van der Waals surface area contributed by atoms with E-state index in [1.165, 1.54) is 36.0 Å². The minimum atomic E-state index is 0.457. The molecular formula is C23H36. The van der Waals surface area contributed by atoms with Gasteiger partial charge in [0.05, 0.1) is 0 Å². The van der Waals surface area contributed by atoms with E-state index in [-0.39, 0.29) is 0 Å². The zero-order valence-corrected chi connectivity index (χ0v) is 15.8. The summed E-state index contributed by atoms with van der Waals surface area (Å²) in [5.41, 5.74) is 3.92. The van der Waals surface area contributed by atoms with Crippen LogP contribution in [0, 0.1) is 11.8 Å². The van der Waals surface area contributed by atoms with E-state index in [4.69, 9.17) is 0 Å². The van der Waals surface area contributed by atoms with E-state index in [1.54, 1.807) is 0 Å². The zero-order chi connectivity index (χ0) is 17.7. The molecule has 0 heteroatoms. The third-order valence-electron chi connectivity index (χ3n) is 4.20. The van der Waals surface area contributed by atoms with Gasteiger partial charge in [0, 0.05) is 0 Å². The quantitative estimate of drug-likeness (QED) is 0.198. The van der Waals surface area contributed by atoms with E-state index in [0.29, 0.717) is 5.92 Å². The van der Waals surface area contributed by atoms with Gasteiger partial charge in [-0.05, 0) is 63.9 Å². The van der Waals surface area contributed by atoms with Crippen molar-refractivity contribution in [2.24, 2.45) is 11.8 Å². The molecule has 1 atom stereocenters. The van der Waals surface area contributed by atoms with Gasteiger partial charge in [-0.1, -0.05) is 67.5 Å². The summed E-state index contributed by atoms with van der Waals surface area (Å²) < 4.78 is 0. The summed E-state index contributed by atoms with van der Waals surface area (Å²) in [6.45, 7) is 20.4. The van der Waals surface area contributed by atoms with Crippen molar-refractivity contribution in [1.29, 1.82) is 0 Å². The molecule has 0 spiro atoms. The summed E-state index contributed by atoms with van der Waals surface area (Å²) in [5, 5.41) is 0. The molecule has 0 aliphatic heterocycles. The van der Waals surface area contributed by atoms with Crippen LogP contribution in [0.2, 0.25) is 0 Å². The fourth-order valence-electron chi connectivity index (χ4n) is 2.43. The van der Waals surface area contributed by atoms with Crippen LogP contribution in [-0.2, 0) is 0 Å². The van der Waals surface area contributed by atoms with Gasteiger partial charge in [-0.15, -0.1) is 13.2 Å². The minimum absolute atomic E-state index is 0.457. The summed E-state index contributed by atoms with van der Waals surface area (Å²) in [5.74, 6) is 1.19. The Labute approximate surface area is 145 Å². The first-order valence-electron chi connectivity index (χ1n) is 8.80. The van der Waals surface area contributed by atoms with E-state index >= 15 is 0 Å². The van der Waals surface area contributed by atoms with Crippen LogP contribution < -0.4 is 0 Å². The molecule has 0 N–H and O–H groups in total. The van der Waals surface area contributed by atoms with Gasteiger partial charge in [0.1, 0.15) is 0 Å². The molecule has 0 aromatic carbocycles. The van der Waals surface area contributed by atoms with Crippen LogP contribution >= 0.6 is 0 Å². The number of unbranched alkanes of at least 4 members (excludes halogenated alkanes) is 1. The number of hydrogen-bond donors (Lipinski definition) is 0. The average molecular weight is 313 g/mol. The van der Waals surface area contributed by atoms with E-state index < -0.39 is 0 Å². The van der Waals surface area contributed by atoms with Crippen LogP contribution in [0.15, 0.2) is 72.9 Å². The number of allylic oxidation sites excluding steroid dienone is 9. The molecule has 0 aliphatic carbocycles. The smallest absolute Gasteiger partial charge is 0.00563 e. The number of hydrogen-bond acceptors (Lipinski definition) is 0. The Bertz CT molecular complexity index is 448. The van der Waals surface area contributed by atoms with Gasteiger partial charge in [0.15, 0.2) is 0 Å². The standard InChI is InChI=1S/C23H36/c1-8-23(9-2)18-20(5)15-11-13-17-22(7)21(6)16-12-10-14-19(3)4/h8-10,12,16-17,20,23H,1-3,11,13-15,18H2,4-7H3. The first kappa shape index (κ1) is 21.4. The van der Waals surface area contributed by atoms with Crippen molar-refractivity contribution in [2.75, 3.05) is 0 Å². The summed E-state index contributed by atoms with van der Waals surface area (Å²) in [6.07, 6.45) is 18.7. The molecule has 128 valence electrons. The maximum absolute atomic E-state index is 3.91. The molecule has 0 amide bonds. The maximum Gasteiger partial charge on any atom is -0.00563 e. The van der Waals surface area contributed by atoms with Gasteiger partial charge in [-0.25, -0.2) is 0 Å². The maximum atomic E-state index is 3.91. The molecule has 0 aromatic heterocycles. The molecule has 0 radical (unpaired) electrons. The molecular weight excluding hydrogens is 276 g/mol. The Hall–Kier alpha value is -1.56. The molecule has 0 fully saturated rings. The molecule has 23 heavy (non-hydrogen) atoms. The van der Waals surface area contributed by atoms with Crippen LogP contribution in [0.3, 0.4) is 0 Å². The Morgan fingerprint density at radius 2 is 1.70 bits per heavy atom. The van der Waals surface area contributed by atoms with Crippen LogP contribution in [0.4, 0.5) is 0 Å². The fourth-order valence-corrected chi connectivity index (χ4v) is 2.43. The minimum Gasteiger partial charge on any atom is -0.102 e. The monoisotopic (exact) mass is 312 g/mol. The fraction of sp³-hybridized carbons (Fsp3) is 0.478. The summed E-state index contributed by atoms with van der Waals surface area (Å²) in [7, 11) is 0. The molecule has 0 nitrogen and oxygen atoms in total. The molecule has 0 bridgehead atoms. The Morgan fingerprint density at radius 1 is 1.04 bits per heavy atom. The second-order valence-electron chi connectivity index (χ2n) is 6.73. The topological polar surface area (TPSA) is 0 Å². The first-order chi connectivity index (χ1) is 10.9. The zero-order valence-electron chi connectivity index (χ0n) is 15.8. The summed E-state index contributed by atoms with van der Waals surface area (Å²) in [4.78, 5) is 0. The van der Waals surface area contributed by atoms with E-state index in [2.05, 4.69) is 71.7 Å². The van der Waals surface area contributed by atoms with Crippen molar-refractivity contribution in [3.05, 3.63) is 72.9 Å². The van der Waals surface area contributed by atoms with Crippen molar-refractivity contribution >= 4 is 0 Å². The lowest BCUT2D eigenvalue weighted by Gasteiger charge is -2.14. The average Bonchev–Trinajstić information content (AvgIpc) is 2.52. The largest absolute Gasteiger partial charge is 0.102 e. The van der Waals surface area contributed by atoms with Crippen LogP contribution in [-0.4, -0.2) is 0 Å². The summed E-state index contributed by atoms with van der Waals surface area (Å²) in [6, 6.07) is 0. The predicted molar refractivity (Wildman–Crippen MR) is 108 cm³/mol. The molecule has 0 aliphatic rings. The van der Waals surface area contributed by atoms with Gasteiger partial charge < -0.3 is 0 Å². The highest BCUT2D eigenvalue weighted by molar-refractivity contribution is 5.30. The lowest BCUT2D eigenvalue weighted by atomic mass is 9.92.